The molecule has 3 fully saturated rings. The quantitative estimate of drug-likeness (QED) is 0.551. The van der Waals surface area contributed by atoms with Gasteiger partial charge in [0, 0.05) is 24.2 Å². The fourth-order valence-electron chi connectivity index (χ4n) is 8.07. The highest BCUT2D eigenvalue weighted by Crippen LogP contribution is 2.80. The van der Waals surface area contributed by atoms with Gasteiger partial charge in [-0.3, -0.25) is 0 Å². The zero-order valence-corrected chi connectivity index (χ0v) is 21.2. The summed E-state index contributed by atoms with van der Waals surface area (Å²) >= 11 is 0. The molecule has 3 saturated carbocycles. The number of nitrogens with one attached hydrogen (secondary N) is 1. The summed E-state index contributed by atoms with van der Waals surface area (Å²) in [5.41, 5.74) is 4.95. The van der Waals surface area contributed by atoms with Crippen LogP contribution in [0.25, 0.3) is 0 Å². The zero-order valence-electron chi connectivity index (χ0n) is 21.2. The van der Waals surface area contributed by atoms with E-state index < -0.39 is 0 Å². The first-order chi connectivity index (χ1) is 16.0. The summed E-state index contributed by atoms with van der Waals surface area (Å²) in [7, 11) is 1.98. The van der Waals surface area contributed by atoms with E-state index in [4.69, 9.17) is 0 Å². The van der Waals surface area contributed by atoms with E-state index >= 15 is 0 Å². The van der Waals surface area contributed by atoms with Crippen LogP contribution in [0.1, 0.15) is 70.1 Å². The number of phenolic OH excluding ortho intramolecular Hbond substituents is 1. The molecule has 2 aromatic carbocycles. The lowest BCUT2D eigenvalue weighted by Gasteiger charge is -2.77. The van der Waals surface area contributed by atoms with Crippen LogP contribution in [0.2, 0.25) is 0 Å². The van der Waals surface area contributed by atoms with Crippen molar-refractivity contribution < 1.29 is 9.90 Å². The van der Waals surface area contributed by atoms with E-state index in [-0.39, 0.29) is 28.3 Å². The summed E-state index contributed by atoms with van der Waals surface area (Å²) < 4.78 is 0. The molecule has 4 aliphatic rings. The molecule has 5 atom stereocenters. The summed E-state index contributed by atoms with van der Waals surface area (Å²) in [5, 5.41) is 13.5. The third-order valence-corrected chi connectivity index (χ3v) is 9.97. The second-order valence-electron chi connectivity index (χ2n) is 12.9. The summed E-state index contributed by atoms with van der Waals surface area (Å²) in [6.07, 6.45) is 6.44. The minimum Gasteiger partial charge on any atom is -0.508 e. The molecule has 2 aromatic rings. The molecule has 4 aliphatic carbocycles. The summed E-state index contributed by atoms with van der Waals surface area (Å²) in [6.45, 7) is 8.96. The number of amides is 2. The predicted molar refractivity (Wildman–Crippen MR) is 136 cm³/mol. The number of likely N-dealkylation sites (N-methyl/N-ethyl adjacent to an activating group) is 1. The van der Waals surface area contributed by atoms with E-state index in [2.05, 4.69) is 51.2 Å². The maximum atomic E-state index is 13.5. The normalized spacial score (nSPS) is 33.1. The average molecular weight is 459 g/mol. The van der Waals surface area contributed by atoms with Crippen LogP contribution in [0.3, 0.4) is 0 Å². The molecule has 180 valence electrons. The van der Waals surface area contributed by atoms with Crippen molar-refractivity contribution in [2.75, 3.05) is 12.4 Å². The zero-order chi connectivity index (χ0) is 24.0. The van der Waals surface area contributed by atoms with Crippen molar-refractivity contribution in [2.24, 2.45) is 23.2 Å². The van der Waals surface area contributed by atoms with Gasteiger partial charge in [-0.25, -0.2) is 4.79 Å². The van der Waals surface area contributed by atoms with Crippen LogP contribution in [0, 0.1) is 23.2 Å². The Bertz CT molecular complexity index is 1150. The molecule has 4 nitrogen and oxygen atoms in total. The van der Waals surface area contributed by atoms with E-state index in [1.54, 1.807) is 0 Å². The molecule has 2 unspecified atom stereocenters. The molecule has 4 heteroatoms. The Morgan fingerprint density at radius 1 is 1.15 bits per heavy atom. The standard InChI is InChI=1S/C30H38N2O2/c1-28(2,3)21-9-11-22(12-10-21)31-27(34)32(5)26-25-20(14-18-6-7-18)17-30(25)16-19-8-13-23(33)15-24(19)29(26,30)4/h8-13,15,18,20,25-26,33H,6-7,14,16-17H2,1-5H3,(H,31,34)/t20?,25-,26+,29-,30?/m0/s1. The van der Waals surface area contributed by atoms with E-state index in [1.807, 2.05) is 36.2 Å². The third-order valence-electron chi connectivity index (χ3n) is 9.97. The van der Waals surface area contributed by atoms with Gasteiger partial charge in [0.25, 0.3) is 0 Å². The largest absolute Gasteiger partial charge is 0.508 e. The van der Waals surface area contributed by atoms with Gasteiger partial charge >= 0.3 is 6.03 Å². The van der Waals surface area contributed by atoms with Crippen molar-refractivity contribution in [1.29, 1.82) is 0 Å². The highest BCUT2D eigenvalue weighted by Gasteiger charge is 2.80. The molecular weight excluding hydrogens is 420 g/mol. The minimum atomic E-state index is -0.103. The van der Waals surface area contributed by atoms with E-state index in [0.29, 0.717) is 11.7 Å². The molecule has 0 aliphatic heterocycles. The number of rotatable bonds is 4. The molecule has 2 N–H and O–H groups in total. The lowest BCUT2D eigenvalue weighted by Crippen LogP contribution is -2.81. The minimum absolute atomic E-state index is 0.0333. The first kappa shape index (κ1) is 22.0. The molecule has 0 aromatic heterocycles. The number of hydrogen-bond acceptors (Lipinski definition) is 2. The second-order valence-corrected chi connectivity index (χ2v) is 12.9. The van der Waals surface area contributed by atoms with Crippen LogP contribution >= 0.6 is 0 Å². The number of phenols is 1. The number of fused-ring (bicyclic) bond motifs is 2. The lowest BCUT2D eigenvalue weighted by atomic mass is 9.29. The van der Waals surface area contributed by atoms with Crippen LogP contribution < -0.4 is 5.32 Å². The molecule has 1 spiro atoms. The van der Waals surface area contributed by atoms with Crippen LogP contribution in [0.5, 0.6) is 5.75 Å². The first-order valence-corrected chi connectivity index (χ1v) is 13.0. The number of carbonyl (C=O) groups excluding carboxylic acids is 1. The van der Waals surface area contributed by atoms with Crippen LogP contribution in [0.4, 0.5) is 10.5 Å². The second kappa shape index (κ2) is 7.02. The van der Waals surface area contributed by atoms with Gasteiger partial charge in [-0.05, 0) is 88.8 Å². The van der Waals surface area contributed by atoms with Crippen LogP contribution in [-0.2, 0) is 17.3 Å². The third kappa shape index (κ3) is 2.93. The number of benzene rings is 2. The number of hydrogen-bond donors (Lipinski definition) is 2. The molecular formula is C30H38N2O2. The Hall–Kier alpha value is -2.49. The number of carbonyl (C=O) groups is 1. The molecule has 0 heterocycles. The van der Waals surface area contributed by atoms with Gasteiger partial charge in [0.15, 0.2) is 0 Å². The van der Waals surface area contributed by atoms with Crippen molar-refractivity contribution >= 4 is 11.7 Å². The predicted octanol–water partition coefficient (Wildman–Crippen LogP) is 6.47. The summed E-state index contributed by atoms with van der Waals surface area (Å²) in [5.74, 6) is 2.50. The number of urea groups is 1. The molecule has 0 bridgehead atoms. The van der Waals surface area contributed by atoms with Crippen molar-refractivity contribution in [2.45, 2.75) is 76.7 Å². The number of anilines is 1. The molecule has 2 amide bonds. The van der Waals surface area contributed by atoms with E-state index in [9.17, 15) is 9.90 Å². The van der Waals surface area contributed by atoms with Crippen molar-refractivity contribution in [3.63, 3.8) is 0 Å². The molecule has 34 heavy (non-hydrogen) atoms. The van der Waals surface area contributed by atoms with Crippen LogP contribution in [0.15, 0.2) is 42.5 Å². The van der Waals surface area contributed by atoms with Gasteiger partial charge in [-0.1, -0.05) is 58.7 Å². The Morgan fingerprint density at radius 2 is 1.85 bits per heavy atom. The monoisotopic (exact) mass is 458 g/mol. The lowest BCUT2D eigenvalue weighted by molar-refractivity contribution is -0.244. The van der Waals surface area contributed by atoms with Gasteiger partial charge in [-0.15, -0.1) is 0 Å². The van der Waals surface area contributed by atoms with E-state index in [0.717, 1.165) is 23.9 Å². The molecule has 0 saturated heterocycles. The smallest absolute Gasteiger partial charge is 0.321 e. The van der Waals surface area contributed by atoms with Crippen LogP contribution in [-0.4, -0.2) is 29.1 Å². The maximum absolute atomic E-state index is 13.5. The van der Waals surface area contributed by atoms with Gasteiger partial charge < -0.3 is 15.3 Å². The molecule has 6 rings (SSSR count). The number of aromatic hydroxyl groups is 1. The maximum Gasteiger partial charge on any atom is 0.321 e. The Balaban J connectivity index is 1.28. The number of nitrogens with zero attached hydrogens (tertiary/aromatic N) is 1. The van der Waals surface area contributed by atoms with Gasteiger partial charge in [-0.2, -0.15) is 0 Å². The van der Waals surface area contributed by atoms with Crippen molar-refractivity contribution in [3.8, 4) is 5.75 Å². The Kier molecular flexibility index (Phi) is 4.54. The highest BCUT2D eigenvalue weighted by atomic mass is 16.3. The summed E-state index contributed by atoms with van der Waals surface area (Å²) in [6, 6.07) is 14.3. The van der Waals surface area contributed by atoms with Crippen molar-refractivity contribution in [3.05, 3.63) is 59.2 Å². The Labute approximate surface area is 203 Å². The van der Waals surface area contributed by atoms with E-state index in [1.165, 1.54) is 42.4 Å². The Morgan fingerprint density at radius 3 is 2.50 bits per heavy atom. The fraction of sp³-hybridized carbons (Fsp3) is 0.567. The first-order valence-electron chi connectivity index (χ1n) is 13.0. The molecule has 0 radical (unpaired) electrons. The highest BCUT2D eigenvalue weighted by molar-refractivity contribution is 5.90. The fourth-order valence-corrected chi connectivity index (χ4v) is 8.07. The topological polar surface area (TPSA) is 52.6 Å². The van der Waals surface area contributed by atoms with Gasteiger partial charge in [0.1, 0.15) is 5.75 Å². The SMILES string of the molecule is CN(C(=O)Nc1ccc(C(C)(C)C)cc1)[C@@H]1[C@@H]2C(CC3CC3)CC23Cc2ccc(O)cc2[C@@]13C. The summed E-state index contributed by atoms with van der Waals surface area (Å²) in [4.78, 5) is 15.5. The van der Waals surface area contributed by atoms with Gasteiger partial charge in [0.2, 0.25) is 0 Å². The van der Waals surface area contributed by atoms with Gasteiger partial charge in [0.05, 0.1) is 0 Å². The van der Waals surface area contributed by atoms with Crippen molar-refractivity contribution in [1.82, 2.24) is 4.90 Å². The average Bonchev–Trinajstić information content (AvgIpc) is 3.56.